The van der Waals surface area contributed by atoms with E-state index in [0.717, 1.165) is 0 Å². The predicted octanol–water partition coefficient (Wildman–Crippen LogP) is 1.97. The van der Waals surface area contributed by atoms with Crippen LogP contribution in [0.3, 0.4) is 0 Å². The number of ether oxygens (including phenoxy) is 1. The smallest absolute Gasteiger partial charge is 0.496 e. The Bertz CT molecular complexity index is 494. The van der Waals surface area contributed by atoms with Gasteiger partial charge in [-0.05, 0) is 21.2 Å². The number of methoxy groups -OCH3 is 1. The topological polar surface area (TPSA) is 122 Å². The van der Waals surface area contributed by atoms with Crippen molar-refractivity contribution in [2.45, 2.75) is 5.47 Å². The molecule has 1 rings (SSSR count). The number of benzene rings is 1. The summed E-state index contributed by atoms with van der Waals surface area (Å²) >= 11 is 0. The highest BCUT2D eigenvalue weighted by atomic mass is 31.1. The van der Waals surface area contributed by atoms with Crippen molar-refractivity contribution in [3.8, 4) is 5.75 Å². The highest BCUT2D eigenvalue weighted by Gasteiger charge is 2.64. The van der Waals surface area contributed by atoms with Crippen molar-refractivity contribution in [2.24, 2.45) is 5.18 Å². The number of hydrogen-bond donors (Lipinski definition) is 2. The zero-order chi connectivity index (χ0) is 13.8. The molecule has 0 aromatic heterocycles. The lowest BCUT2D eigenvalue weighted by Crippen LogP contribution is -2.20. The lowest BCUT2D eigenvalue weighted by atomic mass is 10.2. The molecule has 0 aliphatic rings. The molecule has 10 heteroatoms. The Morgan fingerprint density at radius 3 is 2.33 bits per heavy atom. The Morgan fingerprint density at radius 2 is 1.89 bits per heavy atom. The van der Waals surface area contributed by atoms with E-state index in [1.807, 2.05) is 0 Å². The summed E-state index contributed by atoms with van der Waals surface area (Å²) in [4.78, 5) is 28.7. The van der Waals surface area contributed by atoms with Gasteiger partial charge in [0.15, 0.2) is 0 Å². The quantitative estimate of drug-likeness (QED) is 0.607. The summed E-state index contributed by atoms with van der Waals surface area (Å²) in [6, 6.07) is 5.61. The molecule has 2 N–H and O–H groups in total. The average molecular weight is 293 g/mol. The van der Waals surface area contributed by atoms with Gasteiger partial charge in [0.25, 0.3) is 0 Å². The number of rotatable bonds is 6. The molecule has 3 atom stereocenters. The lowest BCUT2D eigenvalue weighted by Gasteiger charge is -2.11. The van der Waals surface area contributed by atoms with Gasteiger partial charge in [-0.2, -0.15) is 4.89 Å². The fraction of sp³-hybridized carbons (Fsp3) is 0.250. The molecule has 96 valence electrons. The minimum absolute atomic E-state index is 0.0337. The monoisotopic (exact) mass is 293 g/mol. The Morgan fingerprint density at radius 1 is 1.28 bits per heavy atom. The van der Waals surface area contributed by atoms with E-state index in [2.05, 4.69) is 9.70 Å². The van der Waals surface area contributed by atoms with Gasteiger partial charge in [-0.3, -0.25) is 0 Å². The van der Waals surface area contributed by atoms with Crippen LogP contribution in [-0.2, 0) is 19.1 Å². The normalized spacial score (nSPS) is 15.5. The Hall–Kier alpha value is -1.30. The van der Waals surface area contributed by atoms with Crippen LogP contribution in [0.15, 0.2) is 29.4 Å². The van der Waals surface area contributed by atoms with Crippen molar-refractivity contribution in [3.05, 3.63) is 34.7 Å². The van der Waals surface area contributed by atoms with Crippen molar-refractivity contribution in [1.29, 1.82) is 0 Å². The van der Waals surface area contributed by atoms with Crippen molar-refractivity contribution in [1.82, 2.24) is 0 Å². The number of nitrogens with zero attached hydrogens (tertiary/aromatic N) is 1. The van der Waals surface area contributed by atoms with Crippen LogP contribution in [0.5, 0.6) is 5.75 Å². The van der Waals surface area contributed by atoms with Crippen LogP contribution in [0, 0.1) is 4.91 Å². The number of hydrogen-bond acceptors (Lipinski definition) is 6. The molecule has 0 heterocycles. The molecule has 0 radical (unpaired) electrons. The highest BCUT2D eigenvalue weighted by molar-refractivity contribution is 7.40. The molecule has 0 bridgehead atoms. The predicted molar refractivity (Wildman–Crippen MR) is 61.2 cm³/mol. The molecule has 0 saturated carbocycles. The van der Waals surface area contributed by atoms with Gasteiger partial charge in [0, 0.05) is 9.74 Å². The third-order valence-electron chi connectivity index (χ3n) is 2.05. The van der Waals surface area contributed by atoms with Crippen LogP contribution >= 0.6 is 16.3 Å². The van der Waals surface area contributed by atoms with E-state index in [1.165, 1.54) is 25.3 Å². The number of para-hydroxylation sites is 1. The van der Waals surface area contributed by atoms with Gasteiger partial charge < -0.3 is 4.74 Å². The molecule has 8 nitrogen and oxygen atoms in total. The summed E-state index contributed by atoms with van der Waals surface area (Å²) in [5, 5.41) is 2.41. The van der Waals surface area contributed by atoms with Gasteiger partial charge in [-0.25, -0.2) is 0 Å². The summed E-state index contributed by atoms with van der Waals surface area (Å²) < 4.78 is 31.2. The van der Waals surface area contributed by atoms with Crippen molar-refractivity contribution >= 4 is 16.3 Å². The highest BCUT2D eigenvalue weighted by Crippen LogP contribution is 2.53. The van der Waals surface area contributed by atoms with E-state index in [0.29, 0.717) is 0 Å². The standard InChI is InChI=1S/C8H7NO7P2/c1-15-7-5-3-2-4-6(7)8(9-10,17(11)12)16-18(13)14/h2-5H,1H3/p+2. The van der Waals surface area contributed by atoms with E-state index in [-0.39, 0.29) is 11.3 Å². The molecule has 18 heavy (non-hydrogen) atoms. The second kappa shape index (κ2) is 6.04. The van der Waals surface area contributed by atoms with Crippen LogP contribution in [0.2, 0.25) is 0 Å². The molecule has 0 fully saturated rings. The largest absolute Gasteiger partial charge is 0.702 e. The lowest BCUT2D eigenvalue weighted by molar-refractivity contribution is 0.139. The van der Waals surface area contributed by atoms with E-state index in [4.69, 9.17) is 9.63 Å². The van der Waals surface area contributed by atoms with Crippen LogP contribution in [0.1, 0.15) is 5.56 Å². The van der Waals surface area contributed by atoms with Gasteiger partial charge in [-0.15, -0.1) is 9.80 Å². The minimum atomic E-state index is -3.35. The molecule has 0 aliphatic heterocycles. The average Bonchev–Trinajstić information content (AvgIpc) is 2.35. The van der Waals surface area contributed by atoms with Crippen LogP contribution in [-0.4, -0.2) is 16.9 Å². The Kier molecular flexibility index (Phi) is 4.95. The summed E-state index contributed by atoms with van der Waals surface area (Å²) in [6.45, 7) is 0. The van der Waals surface area contributed by atoms with E-state index < -0.39 is 21.7 Å². The van der Waals surface area contributed by atoms with Crippen LogP contribution in [0.4, 0.5) is 0 Å². The summed E-state index contributed by atoms with van der Waals surface area (Å²) in [5.41, 5.74) is -2.88. The second-order valence-corrected chi connectivity index (χ2v) is 4.81. The van der Waals surface area contributed by atoms with Gasteiger partial charge in [-0.1, -0.05) is 12.1 Å². The molecule has 0 saturated heterocycles. The molecular formula is C8H9NO7P2+2. The van der Waals surface area contributed by atoms with Gasteiger partial charge in [0.2, 0.25) is 0 Å². The molecule has 0 spiro atoms. The SMILES string of the molecule is COc1ccccc1C(N=O)(O[P+](=O)O)[P+](=O)O. The second-order valence-electron chi connectivity index (χ2n) is 3.00. The first-order valence-corrected chi connectivity index (χ1v) is 6.81. The Balaban J connectivity index is 3.46. The molecular weight excluding hydrogens is 284 g/mol. The van der Waals surface area contributed by atoms with E-state index in [9.17, 15) is 18.9 Å². The fourth-order valence-corrected chi connectivity index (χ4v) is 2.61. The fourth-order valence-electron chi connectivity index (χ4n) is 1.31. The summed E-state index contributed by atoms with van der Waals surface area (Å²) in [7, 11) is -5.40. The van der Waals surface area contributed by atoms with Gasteiger partial charge in [0.05, 0.1) is 7.11 Å². The van der Waals surface area contributed by atoms with E-state index >= 15 is 0 Å². The van der Waals surface area contributed by atoms with Crippen LogP contribution < -0.4 is 4.74 Å². The first-order chi connectivity index (χ1) is 8.47. The zero-order valence-electron chi connectivity index (χ0n) is 9.09. The zero-order valence-corrected chi connectivity index (χ0v) is 10.9. The van der Waals surface area contributed by atoms with E-state index in [1.54, 1.807) is 6.07 Å². The molecule has 0 aliphatic carbocycles. The van der Waals surface area contributed by atoms with Gasteiger partial charge >= 0.3 is 21.7 Å². The third kappa shape index (κ3) is 2.75. The van der Waals surface area contributed by atoms with Gasteiger partial charge in [0.1, 0.15) is 11.3 Å². The molecule has 1 aromatic carbocycles. The summed E-state index contributed by atoms with van der Waals surface area (Å²) in [6.07, 6.45) is 0. The molecule has 3 unspecified atom stereocenters. The molecule has 1 aromatic rings. The van der Waals surface area contributed by atoms with Crippen molar-refractivity contribution < 1.29 is 28.2 Å². The summed E-state index contributed by atoms with van der Waals surface area (Å²) in [5.74, 6) is 0.0337. The maximum absolute atomic E-state index is 11.3. The third-order valence-corrected chi connectivity index (χ3v) is 3.54. The maximum atomic E-state index is 11.3. The maximum Gasteiger partial charge on any atom is 0.702 e. The van der Waals surface area contributed by atoms with Crippen molar-refractivity contribution in [3.63, 3.8) is 0 Å². The van der Waals surface area contributed by atoms with Crippen LogP contribution in [0.25, 0.3) is 0 Å². The molecule has 0 amide bonds. The first-order valence-electron chi connectivity index (χ1n) is 4.47. The number of nitroso groups, excluding NO2 is 1. The van der Waals surface area contributed by atoms with Crippen molar-refractivity contribution in [2.75, 3.05) is 7.11 Å². The first kappa shape index (κ1) is 14.8. The minimum Gasteiger partial charge on any atom is -0.496 e. The Labute approximate surface area is 103 Å².